The number of hydrogen-bond acceptors (Lipinski definition) is 7. The Bertz CT molecular complexity index is 1800. The summed E-state index contributed by atoms with van der Waals surface area (Å²) in [6, 6.07) is 23.3. The molecule has 42 heavy (non-hydrogen) atoms. The highest BCUT2D eigenvalue weighted by Crippen LogP contribution is 2.45. The van der Waals surface area contributed by atoms with Crippen LogP contribution in [0.25, 0.3) is 20.8 Å². The van der Waals surface area contributed by atoms with Gasteiger partial charge >= 0.3 is 0 Å². The van der Waals surface area contributed by atoms with Gasteiger partial charge in [-0.3, -0.25) is 14.0 Å². The maximum absolute atomic E-state index is 13.5. The molecule has 10 heteroatoms. The zero-order valence-electron chi connectivity index (χ0n) is 23.5. The minimum absolute atomic E-state index is 0.141. The van der Waals surface area contributed by atoms with Crippen LogP contribution in [0, 0.1) is 0 Å². The largest absolute Gasteiger partial charge is 0.313 e. The zero-order chi connectivity index (χ0) is 29.3. The molecule has 5 aromatic rings. The fourth-order valence-corrected chi connectivity index (χ4v) is 9.29. The van der Waals surface area contributed by atoms with Gasteiger partial charge in [0.2, 0.25) is 0 Å². The smallest absolute Gasteiger partial charge is 0.264 e. The standard InChI is InChI=1S/C32H32N4O3S3/c1-3-19-35-20-18-25-28(21-35)41-32(29(25)31-33-26-12-8-9-13-27(26)40-31)34-30(37)22-14-16-24(17-15-22)42(38,39)36(4-2)23-10-6-5-7-11-23/h5-17H,3-4,18-21H2,1-2H3,(H,34,37). The molecule has 0 unspecified atom stereocenters. The Morgan fingerprint density at radius 2 is 1.71 bits per heavy atom. The van der Waals surface area contributed by atoms with Gasteiger partial charge in [0.25, 0.3) is 15.9 Å². The molecule has 0 saturated carbocycles. The van der Waals surface area contributed by atoms with Gasteiger partial charge in [0.15, 0.2) is 0 Å². The highest BCUT2D eigenvalue weighted by Gasteiger charge is 2.28. The topological polar surface area (TPSA) is 82.6 Å². The fourth-order valence-electron chi connectivity index (χ4n) is 5.42. The Balaban J connectivity index is 1.30. The van der Waals surface area contributed by atoms with E-state index < -0.39 is 10.0 Å². The molecule has 0 bridgehead atoms. The van der Waals surface area contributed by atoms with E-state index in [2.05, 4.69) is 23.2 Å². The van der Waals surface area contributed by atoms with Crippen LogP contribution in [0.4, 0.5) is 10.7 Å². The lowest BCUT2D eigenvalue weighted by Gasteiger charge is -2.26. The highest BCUT2D eigenvalue weighted by atomic mass is 32.2. The van der Waals surface area contributed by atoms with Gasteiger partial charge < -0.3 is 5.32 Å². The van der Waals surface area contributed by atoms with Crippen LogP contribution < -0.4 is 9.62 Å². The molecule has 0 aliphatic carbocycles. The molecule has 1 aliphatic heterocycles. The summed E-state index contributed by atoms with van der Waals surface area (Å²) in [5, 5.41) is 4.86. The van der Waals surface area contributed by atoms with Gasteiger partial charge in [-0.05, 0) is 80.4 Å². The normalized spacial score (nSPS) is 13.7. The summed E-state index contributed by atoms with van der Waals surface area (Å²) >= 11 is 3.26. The summed E-state index contributed by atoms with van der Waals surface area (Å²) in [4.78, 5) is 22.3. The van der Waals surface area contributed by atoms with E-state index in [0.29, 0.717) is 17.8 Å². The van der Waals surface area contributed by atoms with Crippen molar-refractivity contribution < 1.29 is 13.2 Å². The number of rotatable bonds is 9. The van der Waals surface area contributed by atoms with Crippen molar-refractivity contribution in [2.24, 2.45) is 0 Å². The average molecular weight is 617 g/mol. The van der Waals surface area contributed by atoms with Gasteiger partial charge in [0.1, 0.15) is 10.0 Å². The number of amides is 1. The average Bonchev–Trinajstić information content (AvgIpc) is 3.58. The van der Waals surface area contributed by atoms with Crippen molar-refractivity contribution in [3.05, 3.63) is 94.9 Å². The van der Waals surface area contributed by atoms with Crippen LogP contribution >= 0.6 is 22.7 Å². The number of para-hydroxylation sites is 2. The van der Waals surface area contributed by atoms with Crippen molar-refractivity contribution in [2.75, 3.05) is 29.3 Å². The van der Waals surface area contributed by atoms with E-state index >= 15 is 0 Å². The summed E-state index contributed by atoms with van der Waals surface area (Å²) in [6.07, 6.45) is 2.01. The lowest BCUT2D eigenvalue weighted by atomic mass is 10.0. The molecule has 1 aliphatic rings. The Kier molecular flexibility index (Phi) is 8.13. The molecule has 1 N–H and O–H groups in total. The molecule has 1 amide bonds. The number of thiazole rings is 1. The molecule has 3 aromatic carbocycles. The fraction of sp³-hybridized carbons (Fsp3) is 0.250. The van der Waals surface area contributed by atoms with Crippen molar-refractivity contribution in [1.82, 2.24) is 9.88 Å². The molecular weight excluding hydrogens is 585 g/mol. The number of benzene rings is 3. The second kappa shape index (κ2) is 12.0. The molecule has 0 fully saturated rings. The monoisotopic (exact) mass is 616 g/mol. The van der Waals surface area contributed by atoms with E-state index in [-0.39, 0.29) is 10.8 Å². The number of fused-ring (bicyclic) bond motifs is 2. The van der Waals surface area contributed by atoms with E-state index in [4.69, 9.17) is 4.98 Å². The maximum atomic E-state index is 13.5. The van der Waals surface area contributed by atoms with E-state index in [9.17, 15) is 13.2 Å². The first-order valence-electron chi connectivity index (χ1n) is 14.1. The predicted octanol–water partition coefficient (Wildman–Crippen LogP) is 7.26. The number of sulfonamides is 1. The summed E-state index contributed by atoms with van der Waals surface area (Å²) in [7, 11) is -3.78. The van der Waals surface area contributed by atoms with E-state index in [1.165, 1.54) is 26.9 Å². The van der Waals surface area contributed by atoms with Gasteiger partial charge in [0, 0.05) is 35.6 Å². The molecule has 0 saturated heterocycles. The third-order valence-electron chi connectivity index (χ3n) is 7.45. The first-order valence-corrected chi connectivity index (χ1v) is 17.2. The van der Waals surface area contributed by atoms with Crippen LogP contribution in [0.3, 0.4) is 0 Å². The first kappa shape index (κ1) is 28.5. The number of carbonyl (C=O) groups excluding carboxylic acids is 1. The third-order valence-corrected chi connectivity index (χ3v) is 11.5. The Morgan fingerprint density at radius 1 is 0.976 bits per heavy atom. The van der Waals surface area contributed by atoms with Gasteiger partial charge in [-0.25, -0.2) is 13.4 Å². The molecule has 0 atom stereocenters. The molecule has 216 valence electrons. The Hall–Kier alpha value is -3.57. The van der Waals surface area contributed by atoms with Crippen LogP contribution in [0.2, 0.25) is 0 Å². The molecule has 3 heterocycles. The first-order chi connectivity index (χ1) is 20.4. The molecule has 0 spiro atoms. The van der Waals surface area contributed by atoms with Gasteiger partial charge in [-0.15, -0.1) is 22.7 Å². The van der Waals surface area contributed by atoms with E-state index in [1.54, 1.807) is 53.9 Å². The van der Waals surface area contributed by atoms with Crippen LogP contribution in [0.1, 0.15) is 41.1 Å². The van der Waals surface area contributed by atoms with Crippen molar-refractivity contribution in [3.63, 3.8) is 0 Å². The van der Waals surface area contributed by atoms with Crippen molar-refractivity contribution in [2.45, 2.75) is 38.1 Å². The van der Waals surface area contributed by atoms with Gasteiger partial charge in [-0.1, -0.05) is 37.3 Å². The van der Waals surface area contributed by atoms with Crippen molar-refractivity contribution in [3.8, 4) is 10.6 Å². The molecular formula is C32H32N4O3S3. The van der Waals surface area contributed by atoms with Crippen molar-refractivity contribution in [1.29, 1.82) is 0 Å². The second-order valence-corrected chi connectivity index (χ2v) is 14.2. The van der Waals surface area contributed by atoms with Crippen LogP contribution in [-0.4, -0.2) is 43.8 Å². The lowest BCUT2D eigenvalue weighted by molar-refractivity contribution is 0.102. The lowest BCUT2D eigenvalue weighted by Crippen LogP contribution is -2.30. The zero-order valence-corrected chi connectivity index (χ0v) is 26.0. The number of anilines is 2. The number of carbonyl (C=O) groups is 1. The summed E-state index contributed by atoms with van der Waals surface area (Å²) in [6.45, 7) is 7.18. The van der Waals surface area contributed by atoms with Crippen LogP contribution in [0.5, 0.6) is 0 Å². The number of nitrogens with zero attached hydrogens (tertiary/aromatic N) is 3. The van der Waals surface area contributed by atoms with Crippen molar-refractivity contribution >= 4 is 59.5 Å². The second-order valence-electron chi connectivity index (χ2n) is 10.2. The number of thiophene rings is 1. The van der Waals surface area contributed by atoms with Crippen LogP contribution in [-0.2, 0) is 23.0 Å². The number of aromatic nitrogens is 1. The van der Waals surface area contributed by atoms with E-state index in [1.807, 2.05) is 36.4 Å². The SMILES string of the molecule is CCCN1CCc2c(sc(NC(=O)c3ccc(S(=O)(=O)N(CC)c4ccccc4)cc3)c2-c2nc3ccccc3s2)C1. The van der Waals surface area contributed by atoms with E-state index in [0.717, 1.165) is 58.3 Å². The third kappa shape index (κ3) is 5.47. The van der Waals surface area contributed by atoms with Gasteiger partial charge in [0.05, 0.1) is 20.8 Å². The quantitative estimate of drug-likeness (QED) is 0.189. The Labute approximate surface area is 254 Å². The molecule has 6 rings (SSSR count). The highest BCUT2D eigenvalue weighted by molar-refractivity contribution is 7.92. The molecule has 0 radical (unpaired) electrons. The number of hydrogen-bond donors (Lipinski definition) is 1. The minimum Gasteiger partial charge on any atom is -0.313 e. The van der Waals surface area contributed by atoms with Gasteiger partial charge in [-0.2, -0.15) is 0 Å². The number of nitrogens with one attached hydrogen (secondary N) is 1. The predicted molar refractivity (Wildman–Crippen MR) is 173 cm³/mol. The van der Waals surface area contributed by atoms with Crippen LogP contribution in [0.15, 0.2) is 83.8 Å². The molecule has 2 aromatic heterocycles. The summed E-state index contributed by atoms with van der Waals surface area (Å²) < 4.78 is 29.3. The Morgan fingerprint density at radius 3 is 2.43 bits per heavy atom. The minimum atomic E-state index is -3.78. The molecule has 7 nitrogen and oxygen atoms in total. The summed E-state index contributed by atoms with van der Waals surface area (Å²) in [5.74, 6) is -0.277. The summed E-state index contributed by atoms with van der Waals surface area (Å²) in [5.41, 5.74) is 4.23. The maximum Gasteiger partial charge on any atom is 0.264 e.